The highest BCUT2D eigenvalue weighted by molar-refractivity contribution is 5.25. The van der Waals surface area contributed by atoms with Crippen LogP contribution in [0, 0.1) is 6.92 Å². The number of aryl methyl sites for hydroxylation is 1. The predicted octanol–water partition coefficient (Wildman–Crippen LogP) is 3.02. The van der Waals surface area contributed by atoms with Crippen LogP contribution in [0.5, 0.6) is 0 Å². The van der Waals surface area contributed by atoms with Gasteiger partial charge in [0.25, 0.3) is 0 Å². The summed E-state index contributed by atoms with van der Waals surface area (Å²) in [6.07, 6.45) is 1.84. The third-order valence-electron chi connectivity index (χ3n) is 2.86. The maximum absolute atomic E-state index is 4.34. The molecule has 2 nitrogen and oxygen atoms in total. The minimum absolute atomic E-state index is 0.884. The smallest absolute Gasteiger partial charge is 0.0543 e. The van der Waals surface area contributed by atoms with Crippen molar-refractivity contribution in [1.82, 2.24) is 9.88 Å². The Hall–Kier alpha value is -1.67. The molecule has 1 heterocycles. The highest BCUT2D eigenvalue weighted by Gasteiger charge is 2.03. The predicted molar refractivity (Wildman–Crippen MR) is 70.6 cm³/mol. The molecular weight excluding hydrogens is 208 g/mol. The molecule has 0 aliphatic rings. The maximum Gasteiger partial charge on any atom is 0.0543 e. The van der Waals surface area contributed by atoms with E-state index in [4.69, 9.17) is 0 Å². The second kappa shape index (κ2) is 5.60. The van der Waals surface area contributed by atoms with E-state index >= 15 is 0 Å². The van der Waals surface area contributed by atoms with Crippen molar-refractivity contribution in [2.24, 2.45) is 0 Å². The molecule has 0 bridgehead atoms. The first kappa shape index (κ1) is 11.8. The number of benzene rings is 1. The summed E-state index contributed by atoms with van der Waals surface area (Å²) in [4.78, 5) is 6.62. The Bertz CT molecular complexity index is 465. The Morgan fingerprint density at radius 2 is 1.76 bits per heavy atom. The van der Waals surface area contributed by atoms with Crippen LogP contribution in [0.2, 0.25) is 0 Å². The van der Waals surface area contributed by atoms with E-state index in [9.17, 15) is 0 Å². The van der Waals surface area contributed by atoms with Gasteiger partial charge in [-0.3, -0.25) is 9.88 Å². The quantitative estimate of drug-likeness (QED) is 0.796. The summed E-state index contributed by atoms with van der Waals surface area (Å²) < 4.78 is 0. The zero-order valence-electron chi connectivity index (χ0n) is 10.4. The van der Waals surface area contributed by atoms with Gasteiger partial charge in [0.15, 0.2) is 0 Å². The number of hydrogen-bond donors (Lipinski definition) is 0. The Morgan fingerprint density at radius 1 is 1.00 bits per heavy atom. The first-order valence-electron chi connectivity index (χ1n) is 5.88. The third-order valence-corrected chi connectivity index (χ3v) is 2.86. The van der Waals surface area contributed by atoms with Gasteiger partial charge in [-0.2, -0.15) is 0 Å². The van der Waals surface area contributed by atoms with Crippen molar-refractivity contribution < 1.29 is 0 Å². The molecular formula is C15H18N2. The fraction of sp³-hybridized carbons (Fsp3) is 0.267. The molecule has 0 saturated heterocycles. The molecule has 17 heavy (non-hydrogen) atoms. The van der Waals surface area contributed by atoms with Crippen molar-refractivity contribution in [3.05, 3.63) is 65.5 Å². The lowest BCUT2D eigenvalue weighted by Crippen LogP contribution is -2.18. The van der Waals surface area contributed by atoms with Crippen molar-refractivity contribution in [2.75, 3.05) is 7.05 Å². The summed E-state index contributed by atoms with van der Waals surface area (Å²) in [7, 11) is 2.13. The maximum atomic E-state index is 4.34. The van der Waals surface area contributed by atoms with E-state index in [2.05, 4.69) is 54.2 Å². The number of nitrogens with zero attached hydrogens (tertiary/aromatic N) is 2. The molecule has 0 N–H and O–H groups in total. The third kappa shape index (κ3) is 3.40. The molecule has 1 aromatic heterocycles. The molecule has 0 fully saturated rings. The fourth-order valence-corrected chi connectivity index (χ4v) is 1.90. The summed E-state index contributed by atoms with van der Waals surface area (Å²) >= 11 is 0. The first-order valence-corrected chi connectivity index (χ1v) is 5.88. The average Bonchev–Trinajstić information content (AvgIpc) is 2.33. The van der Waals surface area contributed by atoms with Crippen LogP contribution < -0.4 is 0 Å². The summed E-state index contributed by atoms with van der Waals surface area (Å²) in [6, 6.07) is 14.6. The molecule has 0 atom stereocenters. The second-order valence-corrected chi connectivity index (χ2v) is 4.42. The Balaban J connectivity index is 1.98. The largest absolute Gasteiger partial charge is 0.296 e. The second-order valence-electron chi connectivity index (χ2n) is 4.42. The van der Waals surface area contributed by atoms with Gasteiger partial charge in [-0.1, -0.05) is 30.3 Å². The van der Waals surface area contributed by atoms with Crippen molar-refractivity contribution in [3.8, 4) is 0 Å². The van der Waals surface area contributed by atoms with Crippen LogP contribution in [0.4, 0.5) is 0 Å². The molecule has 0 spiro atoms. The molecule has 0 aliphatic heterocycles. The molecule has 0 saturated carbocycles. The standard InChI is InChI=1S/C15H18N2/c1-13-7-3-4-8-14(13)11-17(2)12-15-9-5-6-10-16-15/h3-10H,11-12H2,1-2H3. The van der Waals surface area contributed by atoms with E-state index in [1.165, 1.54) is 11.1 Å². The van der Waals surface area contributed by atoms with E-state index in [-0.39, 0.29) is 0 Å². The molecule has 88 valence electrons. The topological polar surface area (TPSA) is 16.1 Å². The molecule has 2 aromatic rings. The van der Waals surface area contributed by atoms with Crippen LogP contribution in [-0.4, -0.2) is 16.9 Å². The van der Waals surface area contributed by atoms with E-state index in [0.717, 1.165) is 18.8 Å². The molecule has 2 rings (SSSR count). The highest BCUT2D eigenvalue weighted by Crippen LogP contribution is 2.10. The average molecular weight is 226 g/mol. The van der Waals surface area contributed by atoms with Gasteiger partial charge >= 0.3 is 0 Å². The Labute approximate surface area is 103 Å². The lowest BCUT2D eigenvalue weighted by Gasteiger charge is -2.17. The summed E-state index contributed by atoms with van der Waals surface area (Å²) in [5.41, 5.74) is 3.84. The van der Waals surface area contributed by atoms with Gasteiger partial charge in [0.2, 0.25) is 0 Å². The molecule has 2 heteroatoms. The summed E-state index contributed by atoms with van der Waals surface area (Å²) in [6.45, 7) is 4.00. The van der Waals surface area contributed by atoms with Crippen LogP contribution in [0.15, 0.2) is 48.7 Å². The molecule has 0 amide bonds. The minimum Gasteiger partial charge on any atom is -0.296 e. The van der Waals surface area contributed by atoms with Crippen LogP contribution >= 0.6 is 0 Å². The zero-order valence-corrected chi connectivity index (χ0v) is 10.4. The van der Waals surface area contributed by atoms with Gasteiger partial charge in [-0.05, 0) is 37.2 Å². The van der Waals surface area contributed by atoms with Gasteiger partial charge in [0.05, 0.1) is 5.69 Å². The minimum atomic E-state index is 0.884. The van der Waals surface area contributed by atoms with Crippen molar-refractivity contribution in [2.45, 2.75) is 20.0 Å². The zero-order chi connectivity index (χ0) is 12.1. The van der Waals surface area contributed by atoms with Gasteiger partial charge in [0.1, 0.15) is 0 Å². The SMILES string of the molecule is Cc1ccccc1CN(C)Cc1ccccn1. The van der Waals surface area contributed by atoms with E-state index in [1.54, 1.807) is 0 Å². The van der Waals surface area contributed by atoms with Gasteiger partial charge in [-0.25, -0.2) is 0 Å². The lowest BCUT2D eigenvalue weighted by atomic mass is 10.1. The number of pyridine rings is 1. The van der Waals surface area contributed by atoms with E-state index < -0.39 is 0 Å². The van der Waals surface area contributed by atoms with E-state index in [1.807, 2.05) is 18.3 Å². The van der Waals surface area contributed by atoms with Crippen molar-refractivity contribution >= 4 is 0 Å². The molecule has 0 unspecified atom stereocenters. The first-order chi connectivity index (χ1) is 8.25. The fourth-order valence-electron chi connectivity index (χ4n) is 1.90. The molecule has 0 radical (unpaired) electrons. The van der Waals surface area contributed by atoms with Crippen LogP contribution in [-0.2, 0) is 13.1 Å². The van der Waals surface area contributed by atoms with Crippen molar-refractivity contribution in [3.63, 3.8) is 0 Å². The number of rotatable bonds is 4. The van der Waals surface area contributed by atoms with Gasteiger partial charge < -0.3 is 0 Å². The number of hydrogen-bond acceptors (Lipinski definition) is 2. The van der Waals surface area contributed by atoms with E-state index in [0.29, 0.717) is 0 Å². The van der Waals surface area contributed by atoms with Crippen molar-refractivity contribution in [1.29, 1.82) is 0 Å². The lowest BCUT2D eigenvalue weighted by molar-refractivity contribution is 0.314. The van der Waals surface area contributed by atoms with Crippen LogP contribution in [0.3, 0.4) is 0 Å². The number of aromatic nitrogens is 1. The van der Waals surface area contributed by atoms with Gasteiger partial charge in [-0.15, -0.1) is 0 Å². The normalized spacial score (nSPS) is 10.8. The molecule has 0 aliphatic carbocycles. The summed E-state index contributed by atoms with van der Waals surface area (Å²) in [5, 5.41) is 0. The highest BCUT2D eigenvalue weighted by atomic mass is 15.1. The Morgan fingerprint density at radius 3 is 2.47 bits per heavy atom. The summed E-state index contributed by atoms with van der Waals surface area (Å²) in [5.74, 6) is 0. The van der Waals surface area contributed by atoms with Crippen LogP contribution in [0.1, 0.15) is 16.8 Å². The molecule has 1 aromatic carbocycles. The Kier molecular flexibility index (Phi) is 3.89. The van der Waals surface area contributed by atoms with Crippen LogP contribution in [0.25, 0.3) is 0 Å². The monoisotopic (exact) mass is 226 g/mol. The van der Waals surface area contributed by atoms with Gasteiger partial charge in [0, 0.05) is 19.3 Å².